The van der Waals surface area contributed by atoms with Gasteiger partial charge in [-0.3, -0.25) is 4.79 Å². The average Bonchev–Trinajstić information content (AvgIpc) is 2.46. The van der Waals surface area contributed by atoms with Crippen LogP contribution < -0.4 is 0 Å². The van der Waals surface area contributed by atoms with Crippen molar-refractivity contribution in [1.29, 1.82) is 0 Å². The summed E-state index contributed by atoms with van der Waals surface area (Å²) in [6, 6.07) is 2.02. The van der Waals surface area contributed by atoms with Crippen LogP contribution in [0.25, 0.3) is 0 Å². The number of carboxylic acids is 1. The number of hydrogen-bond acceptors (Lipinski definition) is 3. The third-order valence-electron chi connectivity index (χ3n) is 2.20. The molecule has 14 heavy (non-hydrogen) atoms. The Kier molecular flexibility index (Phi) is 3.66. The second-order valence-corrected chi connectivity index (χ2v) is 4.49. The van der Waals surface area contributed by atoms with E-state index in [0.29, 0.717) is 0 Å². The van der Waals surface area contributed by atoms with E-state index in [1.165, 1.54) is 5.56 Å². The van der Waals surface area contributed by atoms with Crippen LogP contribution in [0.15, 0.2) is 11.4 Å². The van der Waals surface area contributed by atoms with Crippen molar-refractivity contribution in [1.82, 2.24) is 4.90 Å². The van der Waals surface area contributed by atoms with Gasteiger partial charge < -0.3 is 10.0 Å². The third kappa shape index (κ3) is 2.56. The van der Waals surface area contributed by atoms with Crippen LogP contribution in [0.3, 0.4) is 0 Å². The zero-order valence-corrected chi connectivity index (χ0v) is 9.47. The van der Waals surface area contributed by atoms with Crippen LogP contribution in [-0.2, 0) is 4.79 Å². The lowest BCUT2D eigenvalue weighted by Crippen LogP contribution is -2.22. The lowest BCUT2D eigenvalue weighted by Gasteiger charge is -2.22. The Morgan fingerprint density at radius 2 is 2.29 bits per heavy atom. The summed E-state index contributed by atoms with van der Waals surface area (Å²) in [5.74, 6) is -0.753. The SMILES string of the molecule is Cc1ccsc1C(CC(=O)O)N(C)C. The van der Waals surface area contributed by atoms with E-state index in [1.54, 1.807) is 11.3 Å². The molecule has 0 aliphatic heterocycles. The summed E-state index contributed by atoms with van der Waals surface area (Å²) in [7, 11) is 3.82. The van der Waals surface area contributed by atoms with E-state index in [9.17, 15) is 4.79 Å². The summed E-state index contributed by atoms with van der Waals surface area (Å²) in [5.41, 5.74) is 1.18. The molecule has 1 N–H and O–H groups in total. The monoisotopic (exact) mass is 213 g/mol. The van der Waals surface area contributed by atoms with Gasteiger partial charge in [-0.1, -0.05) is 0 Å². The fourth-order valence-electron chi connectivity index (χ4n) is 1.40. The van der Waals surface area contributed by atoms with Crippen molar-refractivity contribution in [2.45, 2.75) is 19.4 Å². The van der Waals surface area contributed by atoms with Gasteiger partial charge in [0.05, 0.1) is 12.5 Å². The molecule has 1 atom stereocenters. The summed E-state index contributed by atoms with van der Waals surface area (Å²) < 4.78 is 0. The quantitative estimate of drug-likeness (QED) is 0.833. The molecule has 0 amide bonds. The molecule has 1 aromatic heterocycles. The minimum absolute atomic E-state index is 0.00694. The van der Waals surface area contributed by atoms with E-state index in [0.717, 1.165) is 4.88 Å². The maximum Gasteiger partial charge on any atom is 0.305 e. The molecule has 1 unspecified atom stereocenters. The first kappa shape index (κ1) is 11.2. The summed E-state index contributed by atoms with van der Waals surface area (Å²) in [4.78, 5) is 13.8. The number of aliphatic carboxylic acids is 1. The first-order valence-electron chi connectivity index (χ1n) is 4.44. The van der Waals surface area contributed by atoms with Gasteiger partial charge in [-0.25, -0.2) is 0 Å². The third-order valence-corrected chi connectivity index (χ3v) is 3.32. The predicted octanol–water partition coefficient (Wildman–Crippen LogP) is 2.13. The highest BCUT2D eigenvalue weighted by molar-refractivity contribution is 7.10. The van der Waals surface area contributed by atoms with Crippen LogP contribution in [0.5, 0.6) is 0 Å². The van der Waals surface area contributed by atoms with Gasteiger partial charge >= 0.3 is 5.97 Å². The second-order valence-electron chi connectivity index (χ2n) is 3.55. The molecule has 0 bridgehead atoms. The molecule has 0 fully saturated rings. The first-order chi connectivity index (χ1) is 6.52. The maximum atomic E-state index is 10.7. The van der Waals surface area contributed by atoms with Gasteiger partial charge in [0.1, 0.15) is 0 Å². The number of nitrogens with zero attached hydrogens (tertiary/aromatic N) is 1. The van der Waals surface area contributed by atoms with E-state index in [1.807, 2.05) is 37.4 Å². The number of hydrogen-bond donors (Lipinski definition) is 1. The zero-order chi connectivity index (χ0) is 10.7. The molecule has 1 heterocycles. The Hall–Kier alpha value is -0.870. The number of carbonyl (C=O) groups is 1. The molecule has 0 saturated heterocycles. The van der Waals surface area contributed by atoms with Gasteiger partial charge in [-0.15, -0.1) is 11.3 Å². The molecule has 0 saturated carbocycles. The molecular formula is C10H15NO2S. The molecular weight excluding hydrogens is 198 g/mol. The molecule has 0 radical (unpaired) electrons. The van der Waals surface area contributed by atoms with Crippen LogP contribution in [0.2, 0.25) is 0 Å². The number of carboxylic acid groups (broad SMARTS) is 1. The van der Waals surface area contributed by atoms with Crippen LogP contribution in [0.1, 0.15) is 22.9 Å². The fraction of sp³-hybridized carbons (Fsp3) is 0.500. The first-order valence-corrected chi connectivity index (χ1v) is 5.32. The smallest absolute Gasteiger partial charge is 0.305 e. The Balaban J connectivity index is 2.88. The minimum atomic E-state index is -0.753. The van der Waals surface area contributed by atoms with Gasteiger partial charge in [0, 0.05) is 4.88 Å². The van der Waals surface area contributed by atoms with Gasteiger partial charge in [0.2, 0.25) is 0 Å². The average molecular weight is 213 g/mol. The number of thiophene rings is 1. The van der Waals surface area contributed by atoms with E-state index in [4.69, 9.17) is 5.11 Å². The normalized spacial score (nSPS) is 13.1. The summed E-state index contributed by atoms with van der Waals surface area (Å²) in [5, 5.41) is 10.8. The van der Waals surface area contributed by atoms with Crippen molar-refractivity contribution in [3.05, 3.63) is 21.9 Å². The van der Waals surface area contributed by atoms with Crippen molar-refractivity contribution >= 4 is 17.3 Å². The maximum absolute atomic E-state index is 10.7. The molecule has 0 aliphatic carbocycles. The molecule has 0 aliphatic rings. The Labute approximate surface area is 88.0 Å². The minimum Gasteiger partial charge on any atom is -0.481 e. The molecule has 78 valence electrons. The van der Waals surface area contributed by atoms with Crippen molar-refractivity contribution < 1.29 is 9.90 Å². The summed E-state index contributed by atoms with van der Waals surface area (Å²) >= 11 is 1.62. The lowest BCUT2D eigenvalue weighted by atomic mass is 10.1. The summed E-state index contributed by atoms with van der Waals surface area (Å²) in [6.07, 6.45) is 0.161. The highest BCUT2D eigenvalue weighted by atomic mass is 32.1. The van der Waals surface area contributed by atoms with Crippen LogP contribution >= 0.6 is 11.3 Å². The van der Waals surface area contributed by atoms with Gasteiger partial charge in [0.15, 0.2) is 0 Å². The van der Waals surface area contributed by atoms with Crippen molar-refractivity contribution in [3.63, 3.8) is 0 Å². The largest absolute Gasteiger partial charge is 0.481 e. The second kappa shape index (κ2) is 4.57. The molecule has 0 aromatic carbocycles. The zero-order valence-electron chi connectivity index (χ0n) is 8.65. The number of rotatable bonds is 4. The standard InChI is InChI=1S/C10H15NO2S/c1-7-4-5-14-10(7)8(11(2)3)6-9(12)13/h4-5,8H,6H2,1-3H3,(H,12,13). The van der Waals surface area contributed by atoms with Crippen molar-refractivity contribution in [2.75, 3.05) is 14.1 Å². The van der Waals surface area contributed by atoms with Gasteiger partial charge in [-0.2, -0.15) is 0 Å². The molecule has 1 aromatic rings. The number of aryl methyl sites for hydroxylation is 1. The van der Waals surface area contributed by atoms with E-state index in [2.05, 4.69) is 0 Å². The lowest BCUT2D eigenvalue weighted by molar-refractivity contribution is -0.138. The van der Waals surface area contributed by atoms with E-state index >= 15 is 0 Å². The molecule has 3 nitrogen and oxygen atoms in total. The Bertz CT molecular complexity index is 320. The van der Waals surface area contributed by atoms with Crippen LogP contribution in [0.4, 0.5) is 0 Å². The van der Waals surface area contributed by atoms with Gasteiger partial charge in [-0.05, 0) is 38.0 Å². The summed E-state index contributed by atoms with van der Waals surface area (Å²) in [6.45, 7) is 2.02. The van der Waals surface area contributed by atoms with Gasteiger partial charge in [0.25, 0.3) is 0 Å². The predicted molar refractivity (Wildman–Crippen MR) is 57.7 cm³/mol. The molecule has 0 spiro atoms. The van der Waals surface area contributed by atoms with E-state index in [-0.39, 0.29) is 12.5 Å². The van der Waals surface area contributed by atoms with Crippen molar-refractivity contribution in [3.8, 4) is 0 Å². The fourth-order valence-corrected chi connectivity index (χ4v) is 2.52. The van der Waals surface area contributed by atoms with E-state index < -0.39 is 5.97 Å². The van der Waals surface area contributed by atoms with Crippen molar-refractivity contribution in [2.24, 2.45) is 0 Å². The topological polar surface area (TPSA) is 40.5 Å². The molecule has 4 heteroatoms. The highest BCUT2D eigenvalue weighted by Crippen LogP contribution is 2.29. The van der Waals surface area contributed by atoms with Crippen LogP contribution in [0, 0.1) is 6.92 Å². The molecule has 1 rings (SSSR count). The van der Waals surface area contributed by atoms with Crippen LogP contribution in [-0.4, -0.2) is 30.1 Å². The Morgan fingerprint density at radius 3 is 2.64 bits per heavy atom. The highest BCUT2D eigenvalue weighted by Gasteiger charge is 2.20. The Morgan fingerprint density at radius 1 is 1.64 bits per heavy atom.